The molecule has 0 spiro atoms. The Morgan fingerprint density at radius 3 is 2.64 bits per heavy atom. The molecule has 1 amide bonds. The van der Waals surface area contributed by atoms with Gasteiger partial charge in [-0.2, -0.15) is 5.10 Å². The van der Waals surface area contributed by atoms with Crippen LogP contribution < -0.4 is 5.32 Å². The predicted octanol–water partition coefficient (Wildman–Crippen LogP) is 4.97. The molecule has 3 aromatic carbocycles. The van der Waals surface area contributed by atoms with E-state index >= 15 is 0 Å². The fourth-order valence-electron chi connectivity index (χ4n) is 3.66. The van der Waals surface area contributed by atoms with E-state index in [9.17, 15) is 9.59 Å². The zero-order chi connectivity index (χ0) is 23.2. The summed E-state index contributed by atoms with van der Waals surface area (Å²) in [4.78, 5) is 25.2. The normalized spacial score (nSPS) is 11.8. The number of fused-ring (bicyclic) bond motifs is 1. The van der Waals surface area contributed by atoms with Gasteiger partial charge in [0.25, 0.3) is 5.91 Å². The van der Waals surface area contributed by atoms with Gasteiger partial charge in [0.15, 0.2) is 0 Å². The van der Waals surface area contributed by atoms with Gasteiger partial charge in [-0.05, 0) is 42.3 Å². The number of hydrogen-bond acceptors (Lipinski definition) is 4. The van der Waals surface area contributed by atoms with Gasteiger partial charge in [0, 0.05) is 28.7 Å². The molecule has 1 N–H and O–H groups in total. The summed E-state index contributed by atoms with van der Waals surface area (Å²) in [5, 5.41) is 9.02. The number of nitrogens with zero attached hydrogens (tertiary/aromatic N) is 2. The molecule has 33 heavy (non-hydrogen) atoms. The summed E-state index contributed by atoms with van der Waals surface area (Å²) in [6, 6.07) is 22.3. The molecular weight excluding hydrogens is 438 g/mol. The lowest BCUT2D eigenvalue weighted by atomic mass is 9.99. The molecule has 1 heterocycles. The van der Waals surface area contributed by atoms with Crippen molar-refractivity contribution >= 4 is 34.4 Å². The standard InChI is InChI=1S/C26H24ClN3O3/c1-2-33-26(32)23(19-8-4-3-5-9-19)17-30-16-21-12-11-20(14-24(21)29-30)25(31)28-15-18-7-6-10-22(27)13-18/h3-14,16,23H,2,15,17H2,1H3,(H,28,31). The first-order chi connectivity index (χ1) is 16.0. The Hall–Kier alpha value is -3.64. The zero-order valence-electron chi connectivity index (χ0n) is 18.2. The van der Waals surface area contributed by atoms with E-state index in [1.807, 2.05) is 60.8 Å². The van der Waals surface area contributed by atoms with E-state index in [0.29, 0.717) is 35.8 Å². The first kappa shape index (κ1) is 22.6. The molecule has 0 aliphatic rings. The van der Waals surface area contributed by atoms with Crippen LogP contribution in [0.25, 0.3) is 10.9 Å². The van der Waals surface area contributed by atoms with Crippen molar-refractivity contribution in [2.45, 2.75) is 25.9 Å². The summed E-state index contributed by atoms with van der Waals surface area (Å²) in [6.07, 6.45) is 1.87. The third-order valence-corrected chi connectivity index (χ3v) is 5.54. The molecule has 0 aliphatic heterocycles. The van der Waals surface area contributed by atoms with Crippen LogP contribution in [-0.2, 0) is 22.6 Å². The highest BCUT2D eigenvalue weighted by Crippen LogP contribution is 2.22. The molecule has 7 heteroatoms. The quantitative estimate of drug-likeness (QED) is 0.376. The molecule has 0 radical (unpaired) electrons. The molecular formula is C26H24ClN3O3. The number of rotatable bonds is 8. The van der Waals surface area contributed by atoms with E-state index in [0.717, 1.165) is 16.5 Å². The van der Waals surface area contributed by atoms with Gasteiger partial charge in [-0.25, -0.2) is 0 Å². The second kappa shape index (κ2) is 10.3. The number of ether oxygens (including phenoxy) is 1. The molecule has 168 valence electrons. The fourth-order valence-corrected chi connectivity index (χ4v) is 3.88. The molecule has 0 fully saturated rings. The van der Waals surface area contributed by atoms with Crippen molar-refractivity contribution in [1.29, 1.82) is 0 Å². The summed E-state index contributed by atoms with van der Waals surface area (Å²) in [6.45, 7) is 2.83. The second-order valence-corrected chi connectivity index (χ2v) is 8.09. The number of halogens is 1. The third kappa shape index (κ3) is 5.59. The number of hydrogen-bond donors (Lipinski definition) is 1. The second-order valence-electron chi connectivity index (χ2n) is 7.65. The van der Waals surface area contributed by atoms with Gasteiger partial charge in [-0.3, -0.25) is 14.3 Å². The average Bonchev–Trinajstić information content (AvgIpc) is 3.23. The predicted molar refractivity (Wildman–Crippen MR) is 128 cm³/mol. The summed E-state index contributed by atoms with van der Waals surface area (Å²) < 4.78 is 7.01. The Kier molecular flexibility index (Phi) is 7.05. The Bertz CT molecular complexity index is 1270. The van der Waals surface area contributed by atoms with E-state index in [1.54, 1.807) is 29.8 Å². The van der Waals surface area contributed by atoms with Gasteiger partial charge < -0.3 is 10.1 Å². The molecule has 1 atom stereocenters. The van der Waals surface area contributed by atoms with Crippen LogP contribution in [0.3, 0.4) is 0 Å². The van der Waals surface area contributed by atoms with Crippen molar-refractivity contribution in [3.63, 3.8) is 0 Å². The van der Waals surface area contributed by atoms with Crippen LogP contribution in [0, 0.1) is 0 Å². The SMILES string of the molecule is CCOC(=O)C(Cn1cc2ccc(C(=O)NCc3cccc(Cl)c3)cc2n1)c1ccccc1. The lowest BCUT2D eigenvalue weighted by Crippen LogP contribution is -2.22. The molecule has 0 saturated carbocycles. The minimum absolute atomic E-state index is 0.194. The summed E-state index contributed by atoms with van der Waals surface area (Å²) in [5.74, 6) is -0.953. The maximum atomic E-state index is 12.6. The number of esters is 1. The monoisotopic (exact) mass is 461 g/mol. The Morgan fingerprint density at radius 1 is 1.06 bits per heavy atom. The minimum Gasteiger partial charge on any atom is -0.465 e. The number of nitrogens with one attached hydrogen (secondary N) is 1. The molecule has 0 aliphatic carbocycles. The lowest BCUT2D eigenvalue weighted by Gasteiger charge is -2.16. The van der Waals surface area contributed by atoms with Gasteiger partial charge in [-0.15, -0.1) is 0 Å². The van der Waals surface area contributed by atoms with Crippen LogP contribution >= 0.6 is 11.6 Å². The molecule has 6 nitrogen and oxygen atoms in total. The van der Waals surface area contributed by atoms with Crippen molar-refractivity contribution < 1.29 is 14.3 Å². The van der Waals surface area contributed by atoms with Gasteiger partial charge in [0.2, 0.25) is 0 Å². The maximum absolute atomic E-state index is 12.6. The van der Waals surface area contributed by atoms with Crippen LogP contribution in [0.2, 0.25) is 5.02 Å². The van der Waals surface area contributed by atoms with Crippen LogP contribution in [0.15, 0.2) is 79.0 Å². The van der Waals surface area contributed by atoms with Crippen molar-refractivity contribution in [2.24, 2.45) is 0 Å². The van der Waals surface area contributed by atoms with E-state index < -0.39 is 5.92 Å². The largest absolute Gasteiger partial charge is 0.465 e. The number of carbonyl (C=O) groups is 2. The van der Waals surface area contributed by atoms with Crippen molar-refractivity contribution in [1.82, 2.24) is 15.1 Å². The van der Waals surface area contributed by atoms with Gasteiger partial charge >= 0.3 is 5.97 Å². The van der Waals surface area contributed by atoms with Crippen molar-refractivity contribution in [3.8, 4) is 0 Å². The Morgan fingerprint density at radius 2 is 1.88 bits per heavy atom. The molecule has 4 aromatic rings. The van der Waals surface area contributed by atoms with Crippen LogP contribution in [0.4, 0.5) is 0 Å². The summed E-state index contributed by atoms with van der Waals surface area (Å²) >= 11 is 6.00. The van der Waals surface area contributed by atoms with Crippen LogP contribution in [0.5, 0.6) is 0 Å². The summed E-state index contributed by atoms with van der Waals surface area (Å²) in [5.41, 5.74) is 2.99. The van der Waals surface area contributed by atoms with E-state index in [-0.39, 0.29) is 11.9 Å². The van der Waals surface area contributed by atoms with Crippen LogP contribution in [0.1, 0.15) is 34.3 Å². The highest BCUT2D eigenvalue weighted by molar-refractivity contribution is 6.30. The fraction of sp³-hybridized carbons (Fsp3) is 0.192. The topological polar surface area (TPSA) is 73.2 Å². The first-order valence-corrected chi connectivity index (χ1v) is 11.1. The minimum atomic E-state index is -0.471. The Labute approximate surface area is 197 Å². The van der Waals surface area contributed by atoms with E-state index in [2.05, 4.69) is 10.4 Å². The van der Waals surface area contributed by atoms with Gasteiger partial charge in [-0.1, -0.05) is 60.1 Å². The number of carbonyl (C=O) groups excluding carboxylic acids is 2. The lowest BCUT2D eigenvalue weighted by molar-refractivity contribution is -0.145. The number of aromatic nitrogens is 2. The van der Waals surface area contributed by atoms with Crippen molar-refractivity contribution in [2.75, 3.05) is 6.61 Å². The number of amides is 1. The average molecular weight is 462 g/mol. The molecule has 0 bridgehead atoms. The van der Waals surface area contributed by atoms with E-state index in [4.69, 9.17) is 16.3 Å². The Balaban J connectivity index is 1.50. The molecule has 1 aromatic heterocycles. The highest BCUT2D eigenvalue weighted by Gasteiger charge is 2.23. The number of benzene rings is 3. The summed E-state index contributed by atoms with van der Waals surface area (Å²) in [7, 11) is 0. The highest BCUT2D eigenvalue weighted by atomic mass is 35.5. The maximum Gasteiger partial charge on any atom is 0.315 e. The molecule has 4 rings (SSSR count). The van der Waals surface area contributed by atoms with Gasteiger partial charge in [0.05, 0.1) is 18.7 Å². The zero-order valence-corrected chi connectivity index (χ0v) is 19.0. The van der Waals surface area contributed by atoms with Crippen molar-refractivity contribution in [3.05, 3.63) is 101 Å². The van der Waals surface area contributed by atoms with E-state index in [1.165, 1.54) is 0 Å². The smallest absolute Gasteiger partial charge is 0.315 e. The molecule has 0 saturated heterocycles. The van der Waals surface area contributed by atoms with Crippen LogP contribution in [-0.4, -0.2) is 28.3 Å². The first-order valence-electron chi connectivity index (χ1n) is 10.7. The third-order valence-electron chi connectivity index (χ3n) is 5.30. The van der Waals surface area contributed by atoms with Gasteiger partial charge in [0.1, 0.15) is 5.92 Å². The molecule has 1 unspecified atom stereocenters.